The number of hydrogen-bond donors (Lipinski definition) is 4. The van der Waals surface area contributed by atoms with Crippen LogP contribution in [0.15, 0.2) is 71.6 Å². The van der Waals surface area contributed by atoms with Crippen molar-refractivity contribution in [2.24, 2.45) is 5.73 Å². The average Bonchev–Trinajstić information content (AvgIpc) is 2.87. The molecule has 5 rings (SSSR count). The van der Waals surface area contributed by atoms with Crippen molar-refractivity contribution in [1.29, 1.82) is 0 Å². The van der Waals surface area contributed by atoms with Gasteiger partial charge in [-0.25, -0.2) is 9.00 Å². The molecule has 2 heterocycles. The van der Waals surface area contributed by atoms with Gasteiger partial charge in [0.1, 0.15) is 6.04 Å². The van der Waals surface area contributed by atoms with E-state index in [1.54, 1.807) is 43.4 Å². The van der Waals surface area contributed by atoms with Gasteiger partial charge in [0.25, 0.3) is 0 Å². The summed E-state index contributed by atoms with van der Waals surface area (Å²) in [6.07, 6.45) is -0.187. The quantitative estimate of drug-likeness (QED) is 0.384. The number of benzene rings is 3. The highest BCUT2D eigenvalue weighted by Crippen LogP contribution is 2.26. The minimum Gasteiger partial charge on any atom is -0.449 e. The van der Waals surface area contributed by atoms with Crippen molar-refractivity contribution in [2.75, 3.05) is 24.3 Å². The Kier molecular flexibility index (Phi) is 7.85. The molecule has 0 aromatic heterocycles. The zero-order chi connectivity index (χ0) is 26.5. The van der Waals surface area contributed by atoms with E-state index in [0.29, 0.717) is 34.5 Å². The third-order valence-electron chi connectivity index (χ3n) is 5.92. The molecule has 0 spiro atoms. The SMILES string of the molecule is CN1Cc2cc(ccc2S(=O)O)NC(=O)OCCc2ccc(cc2)[C@@H](Nc2cccc(C(N)=O)c2)C1=O. The summed E-state index contributed by atoms with van der Waals surface area (Å²) in [7, 11) is 1.58. The van der Waals surface area contributed by atoms with Gasteiger partial charge in [0.2, 0.25) is 11.8 Å². The lowest BCUT2D eigenvalue weighted by Crippen LogP contribution is -2.35. The molecule has 0 fully saturated rings. The van der Waals surface area contributed by atoms with E-state index in [1.165, 1.54) is 23.1 Å². The number of fused-ring (bicyclic) bond motifs is 9. The molecule has 2 atom stereocenters. The first-order chi connectivity index (χ1) is 17.7. The zero-order valence-corrected chi connectivity index (χ0v) is 20.8. The number of nitrogens with one attached hydrogen (secondary N) is 2. The largest absolute Gasteiger partial charge is 0.449 e. The number of hydrogen-bond acceptors (Lipinski definition) is 6. The first-order valence-corrected chi connectivity index (χ1v) is 12.5. The Bertz CT molecular complexity index is 1360. The molecule has 1 unspecified atom stereocenters. The van der Waals surface area contributed by atoms with E-state index in [0.717, 1.165) is 5.56 Å². The second-order valence-electron chi connectivity index (χ2n) is 8.54. The monoisotopic (exact) mass is 522 g/mol. The topological polar surface area (TPSA) is 151 Å². The summed E-state index contributed by atoms with van der Waals surface area (Å²) in [5.41, 5.74) is 8.56. The van der Waals surface area contributed by atoms with Crippen molar-refractivity contribution in [3.05, 3.63) is 89.0 Å². The first kappa shape index (κ1) is 25.9. The number of carbonyl (C=O) groups is 3. The van der Waals surface area contributed by atoms with Crippen LogP contribution in [0.5, 0.6) is 0 Å². The first-order valence-electron chi connectivity index (χ1n) is 11.4. The maximum atomic E-state index is 13.7. The Balaban J connectivity index is 1.74. The number of carbonyl (C=O) groups excluding carboxylic acids is 3. The molecule has 2 aliphatic heterocycles. The number of rotatable bonds is 4. The number of nitrogens with two attached hydrogens (primary N) is 1. The fourth-order valence-electron chi connectivity index (χ4n) is 4.01. The minimum absolute atomic E-state index is 0.0113. The maximum absolute atomic E-state index is 13.7. The molecule has 3 aromatic carbocycles. The van der Waals surface area contributed by atoms with E-state index in [-0.39, 0.29) is 24.0 Å². The van der Waals surface area contributed by atoms with Gasteiger partial charge in [-0.15, -0.1) is 0 Å². The van der Waals surface area contributed by atoms with Gasteiger partial charge in [0.15, 0.2) is 11.1 Å². The summed E-state index contributed by atoms with van der Waals surface area (Å²) >= 11 is -2.31. The van der Waals surface area contributed by atoms with Crippen LogP contribution in [-0.4, -0.2) is 45.2 Å². The molecule has 3 aromatic rings. The Morgan fingerprint density at radius 1 is 1.14 bits per heavy atom. The van der Waals surface area contributed by atoms with Crippen molar-refractivity contribution in [3.8, 4) is 0 Å². The van der Waals surface area contributed by atoms with Crippen molar-refractivity contribution in [1.82, 2.24) is 4.90 Å². The Morgan fingerprint density at radius 3 is 2.59 bits per heavy atom. The van der Waals surface area contributed by atoms with E-state index in [1.807, 2.05) is 12.1 Å². The molecule has 5 N–H and O–H groups in total. The summed E-state index contributed by atoms with van der Waals surface area (Å²) < 4.78 is 27.0. The van der Waals surface area contributed by atoms with Crippen LogP contribution in [0.4, 0.5) is 16.2 Å². The standard InChI is InChI=1S/C26H26N4O6S/c1-30-15-19-14-21(9-10-22(19)37(34)35)29-26(33)36-12-11-16-5-7-17(8-6-16)23(25(30)32)28-20-4-2-3-18(13-20)24(27)31/h2-10,13-14,23,28H,11-12,15H2,1H3,(H2,27,31)(H,29,33)(H,34,35)/t23-/m1/s1. The van der Waals surface area contributed by atoms with Crippen molar-refractivity contribution in [3.63, 3.8) is 0 Å². The van der Waals surface area contributed by atoms with Gasteiger partial charge in [-0.05, 0) is 53.1 Å². The van der Waals surface area contributed by atoms with E-state index < -0.39 is 29.1 Å². The molecule has 0 saturated heterocycles. The molecule has 3 amide bonds. The summed E-state index contributed by atoms with van der Waals surface area (Å²) in [5, 5.41) is 5.81. The maximum Gasteiger partial charge on any atom is 0.411 e. The van der Waals surface area contributed by atoms with Crippen LogP contribution in [0.2, 0.25) is 0 Å². The lowest BCUT2D eigenvalue weighted by molar-refractivity contribution is -0.131. The number of nitrogens with zero attached hydrogens (tertiary/aromatic N) is 1. The molecule has 4 bridgehead atoms. The molecule has 11 heteroatoms. The summed E-state index contributed by atoms with van der Waals surface area (Å²) in [6.45, 7) is 0.128. The van der Waals surface area contributed by atoms with Gasteiger partial charge in [-0.2, -0.15) is 0 Å². The van der Waals surface area contributed by atoms with Crippen LogP contribution in [0.25, 0.3) is 0 Å². The molecule has 0 saturated carbocycles. The van der Waals surface area contributed by atoms with Crippen molar-refractivity contribution >= 4 is 40.4 Å². The van der Waals surface area contributed by atoms with Gasteiger partial charge in [-0.3, -0.25) is 14.9 Å². The fraction of sp³-hybridized carbons (Fsp3) is 0.192. The summed E-state index contributed by atoms with van der Waals surface area (Å²) in [4.78, 5) is 39.1. The third kappa shape index (κ3) is 6.32. The third-order valence-corrected chi connectivity index (χ3v) is 6.70. The number of anilines is 2. The second-order valence-corrected chi connectivity index (χ2v) is 9.48. The van der Waals surface area contributed by atoms with Gasteiger partial charge in [0, 0.05) is 37.0 Å². The molecule has 2 aliphatic rings. The average molecular weight is 523 g/mol. The zero-order valence-electron chi connectivity index (χ0n) is 20.0. The molecule has 192 valence electrons. The summed E-state index contributed by atoms with van der Waals surface area (Å²) in [6, 6.07) is 17.5. The minimum atomic E-state index is -2.31. The van der Waals surface area contributed by atoms with E-state index in [4.69, 9.17) is 10.5 Å². The number of primary amides is 1. The van der Waals surface area contributed by atoms with Gasteiger partial charge in [-0.1, -0.05) is 30.3 Å². The number of likely N-dealkylation sites (N-methyl/N-ethyl adjacent to an activating group) is 1. The van der Waals surface area contributed by atoms with E-state index in [9.17, 15) is 23.1 Å². The van der Waals surface area contributed by atoms with Crippen LogP contribution in [0.1, 0.15) is 33.1 Å². The fourth-order valence-corrected chi connectivity index (χ4v) is 4.55. The predicted molar refractivity (Wildman–Crippen MR) is 138 cm³/mol. The van der Waals surface area contributed by atoms with Crippen LogP contribution in [0.3, 0.4) is 0 Å². The van der Waals surface area contributed by atoms with Crippen molar-refractivity contribution < 1.29 is 27.9 Å². The van der Waals surface area contributed by atoms with Crippen LogP contribution < -0.4 is 16.4 Å². The Hall–Kier alpha value is -4.22. The van der Waals surface area contributed by atoms with Gasteiger partial charge >= 0.3 is 6.09 Å². The highest BCUT2D eigenvalue weighted by Gasteiger charge is 2.26. The summed E-state index contributed by atoms with van der Waals surface area (Å²) in [5.74, 6) is -0.912. The van der Waals surface area contributed by atoms with Gasteiger partial charge in [0.05, 0.1) is 11.5 Å². The smallest absolute Gasteiger partial charge is 0.411 e. The molecule has 37 heavy (non-hydrogen) atoms. The number of amides is 3. The van der Waals surface area contributed by atoms with E-state index in [2.05, 4.69) is 10.6 Å². The highest BCUT2D eigenvalue weighted by atomic mass is 32.2. The van der Waals surface area contributed by atoms with Crippen LogP contribution >= 0.6 is 0 Å². The molecule has 0 aliphatic carbocycles. The lowest BCUT2D eigenvalue weighted by Gasteiger charge is -2.27. The molecular formula is C26H26N4O6S. The van der Waals surface area contributed by atoms with Crippen LogP contribution in [-0.2, 0) is 33.6 Å². The highest BCUT2D eigenvalue weighted by molar-refractivity contribution is 7.79. The Labute approximate surface area is 216 Å². The number of ether oxygens (including phenoxy) is 1. The van der Waals surface area contributed by atoms with E-state index >= 15 is 0 Å². The molecule has 10 nitrogen and oxygen atoms in total. The lowest BCUT2D eigenvalue weighted by atomic mass is 10.0. The molecule has 0 radical (unpaired) electrons. The van der Waals surface area contributed by atoms with Crippen molar-refractivity contribution in [2.45, 2.75) is 23.9 Å². The molecular weight excluding hydrogens is 496 g/mol. The Morgan fingerprint density at radius 2 is 1.89 bits per heavy atom. The normalized spacial score (nSPS) is 17.0. The second kappa shape index (κ2) is 11.2. The van der Waals surface area contributed by atoms with Gasteiger partial charge < -0.3 is 25.2 Å². The van der Waals surface area contributed by atoms with Crippen LogP contribution in [0, 0.1) is 0 Å². The predicted octanol–water partition coefficient (Wildman–Crippen LogP) is 3.28.